The van der Waals surface area contributed by atoms with Crippen molar-refractivity contribution in [3.8, 4) is 0 Å². The van der Waals surface area contributed by atoms with Gasteiger partial charge in [0.1, 0.15) is 5.69 Å². The molecule has 2 amide bonds. The zero-order valence-corrected chi connectivity index (χ0v) is 20.1. The summed E-state index contributed by atoms with van der Waals surface area (Å²) in [7, 11) is 1.95. The maximum Gasteiger partial charge on any atom is 0.270 e. The van der Waals surface area contributed by atoms with E-state index in [1.807, 2.05) is 69.9 Å². The van der Waals surface area contributed by atoms with Crippen molar-refractivity contribution in [1.29, 1.82) is 0 Å². The van der Waals surface area contributed by atoms with E-state index in [9.17, 15) is 9.59 Å². The molecule has 1 aromatic heterocycles. The standard InChI is InChI=1S/C26H29N5O2S/c1-29-21-8-3-2-5-18(21)16-22(29)24(33)30-12-9-26(10-13-30)11-14-31(17-26)23(32)19-6-4-7-20(15-19)28-25(27)34/h2-8,15-16H,9-14,17H2,1H3,(H3,27,28,34). The molecule has 2 saturated heterocycles. The fraction of sp³-hybridized carbons (Fsp3) is 0.346. The smallest absolute Gasteiger partial charge is 0.270 e. The molecular formula is C26H29N5O2S. The van der Waals surface area contributed by atoms with E-state index in [1.165, 1.54) is 0 Å². The molecule has 34 heavy (non-hydrogen) atoms. The van der Waals surface area contributed by atoms with E-state index in [1.54, 1.807) is 6.07 Å². The molecule has 2 aromatic carbocycles. The molecule has 176 valence electrons. The van der Waals surface area contributed by atoms with E-state index < -0.39 is 0 Å². The third-order valence-corrected chi connectivity index (χ3v) is 7.49. The Kier molecular flexibility index (Phi) is 5.77. The molecule has 3 N–H and O–H groups in total. The Labute approximate surface area is 204 Å². The Morgan fingerprint density at radius 3 is 2.35 bits per heavy atom. The third-order valence-electron chi connectivity index (χ3n) is 7.38. The zero-order valence-electron chi connectivity index (χ0n) is 19.3. The average Bonchev–Trinajstić information content (AvgIpc) is 3.40. The molecule has 3 aromatic rings. The lowest BCUT2D eigenvalue weighted by molar-refractivity contribution is 0.0558. The second kappa shape index (κ2) is 8.76. The number of para-hydroxylation sites is 1. The molecular weight excluding hydrogens is 446 g/mol. The minimum Gasteiger partial charge on any atom is -0.376 e. The molecule has 7 nitrogen and oxygen atoms in total. The van der Waals surface area contributed by atoms with Crippen molar-refractivity contribution in [1.82, 2.24) is 14.4 Å². The molecule has 0 bridgehead atoms. The maximum atomic E-state index is 13.3. The minimum atomic E-state index is 0.0254. The van der Waals surface area contributed by atoms with E-state index in [2.05, 4.69) is 5.32 Å². The average molecular weight is 476 g/mol. The number of hydrogen-bond donors (Lipinski definition) is 2. The first-order chi connectivity index (χ1) is 16.3. The van der Waals surface area contributed by atoms with Crippen LogP contribution in [0.25, 0.3) is 10.9 Å². The van der Waals surface area contributed by atoms with Gasteiger partial charge in [-0.05, 0) is 67.2 Å². The largest absolute Gasteiger partial charge is 0.376 e. The summed E-state index contributed by atoms with van der Waals surface area (Å²) in [4.78, 5) is 30.3. The lowest BCUT2D eigenvalue weighted by Crippen LogP contribution is -2.45. The Morgan fingerprint density at radius 2 is 1.65 bits per heavy atom. The molecule has 2 aliphatic rings. The van der Waals surface area contributed by atoms with E-state index in [0.717, 1.165) is 62.0 Å². The predicted molar refractivity (Wildman–Crippen MR) is 138 cm³/mol. The van der Waals surface area contributed by atoms with Crippen molar-refractivity contribution < 1.29 is 9.59 Å². The van der Waals surface area contributed by atoms with Crippen LogP contribution in [0.1, 0.15) is 40.1 Å². The molecule has 3 heterocycles. The molecule has 0 radical (unpaired) electrons. The fourth-order valence-electron chi connectivity index (χ4n) is 5.41. The van der Waals surface area contributed by atoms with Gasteiger partial charge in [0.15, 0.2) is 5.11 Å². The highest BCUT2D eigenvalue weighted by atomic mass is 32.1. The SMILES string of the molecule is Cn1c(C(=O)N2CCC3(CCN(C(=O)c4cccc(NC(N)=S)c4)C3)CC2)cc2ccccc21. The Balaban J connectivity index is 1.23. The summed E-state index contributed by atoms with van der Waals surface area (Å²) >= 11 is 4.90. The van der Waals surface area contributed by atoms with Crippen LogP contribution >= 0.6 is 12.2 Å². The molecule has 5 rings (SSSR count). The molecule has 1 spiro atoms. The number of amides is 2. The van der Waals surface area contributed by atoms with Gasteiger partial charge < -0.3 is 25.4 Å². The van der Waals surface area contributed by atoms with E-state index >= 15 is 0 Å². The van der Waals surface area contributed by atoms with Gasteiger partial charge in [-0.3, -0.25) is 9.59 Å². The molecule has 2 aliphatic heterocycles. The summed E-state index contributed by atoms with van der Waals surface area (Å²) in [6.07, 6.45) is 2.80. The third kappa shape index (κ3) is 4.14. The number of nitrogens with zero attached hydrogens (tertiary/aromatic N) is 3. The lowest BCUT2D eigenvalue weighted by Gasteiger charge is -2.39. The number of likely N-dealkylation sites (tertiary alicyclic amines) is 2. The van der Waals surface area contributed by atoms with Crippen molar-refractivity contribution in [2.45, 2.75) is 19.3 Å². The predicted octanol–water partition coefficient (Wildman–Crippen LogP) is 3.60. The molecule has 0 atom stereocenters. The number of carbonyl (C=O) groups excluding carboxylic acids is 2. The number of rotatable bonds is 3. The molecule has 0 unspecified atom stereocenters. The molecule has 2 fully saturated rings. The number of aryl methyl sites for hydroxylation is 1. The summed E-state index contributed by atoms with van der Waals surface area (Å²) in [5.41, 5.74) is 8.78. The first-order valence-corrected chi connectivity index (χ1v) is 12.1. The van der Waals surface area contributed by atoms with Crippen LogP contribution in [-0.4, -0.2) is 57.5 Å². The van der Waals surface area contributed by atoms with Crippen LogP contribution in [0.4, 0.5) is 5.69 Å². The van der Waals surface area contributed by atoms with E-state index in [-0.39, 0.29) is 22.3 Å². The van der Waals surface area contributed by atoms with Crippen molar-refractivity contribution in [2.24, 2.45) is 18.2 Å². The van der Waals surface area contributed by atoms with Crippen molar-refractivity contribution in [3.05, 3.63) is 65.9 Å². The van der Waals surface area contributed by atoms with Crippen LogP contribution in [0.3, 0.4) is 0 Å². The van der Waals surface area contributed by atoms with Gasteiger partial charge in [0, 0.05) is 55.4 Å². The van der Waals surface area contributed by atoms with Crippen molar-refractivity contribution >= 4 is 45.7 Å². The molecule has 0 aliphatic carbocycles. The van der Waals surface area contributed by atoms with Gasteiger partial charge in [-0.1, -0.05) is 24.3 Å². The Morgan fingerprint density at radius 1 is 0.941 bits per heavy atom. The number of fused-ring (bicyclic) bond motifs is 1. The van der Waals surface area contributed by atoms with Crippen molar-refractivity contribution in [2.75, 3.05) is 31.5 Å². The number of anilines is 1. The van der Waals surface area contributed by atoms with Gasteiger partial charge in [0.2, 0.25) is 0 Å². The van der Waals surface area contributed by atoms with Gasteiger partial charge in [-0.25, -0.2) is 0 Å². The second-order valence-corrected chi connectivity index (χ2v) is 9.93. The van der Waals surface area contributed by atoms with E-state index in [0.29, 0.717) is 11.3 Å². The molecule has 8 heteroatoms. The Hall–Kier alpha value is -3.39. The number of hydrogen-bond acceptors (Lipinski definition) is 3. The molecule has 0 saturated carbocycles. The van der Waals surface area contributed by atoms with Gasteiger partial charge >= 0.3 is 0 Å². The fourth-order valence-corrected chi connectivity index (χ4v) is 5.53. The highest BCUT2D eigenvalue weighted by molar-refractivity contribution is 7.80. The summed E-state index contributed by atoms with van der Waals surface area (Å²) < 4.78 is 1.98. The van der Waals surface area contributed by atoms with Crippen LogP contribution in [0, 0.1) is 5.41 Å². The number of piperidine rings is 1. The first kappa shape index (κ1) is 22.4. The summed E-state index contributed by atoms with van der Waals surface area (Å²) in [5, 5.41) is 4.15. The summed E-state index contributed by atoms with van der Waals surface area (Å²) in [6.45, 7) is 2.91. The number of benzene rings is 2. The number of aromatic nitrogens is 1. The first-order valence-electron chi connectivity index (χ1n) is 11.6. The maximum absolute atomic E-state index is 13.3. The Bertz CT molecular complexity index is 1280. The normalized spacial score (nSPS) is 17.3. The number of nitrogens with one attached hydrogen (secondary N) is 1. The van der Waals surface area contributed by atoms with Crippen LogP contribution in [0.5, 0.6) is 0 Å². The number of thiocarbonyl (C=S) groups is 1. The monoisotopic (exact) mass is 475 g/mol. The summed E-state index contributed by atoms with van der Waals surface area (Å²) in [6, 6.07) is 17.3. The zero-order chi connectivity index (χ0) is 23.9. The van der Waals surface area contributed by atoms with Crippen LogP contribution in [0.15, 0.2) is 54.6 Å². The van der Waals surface area contributed by atoms with Gasteiger partial charge in [-0.15, -0.1) is 0 Å². The van der Waals surface area contributed by atoms with Crippen LogP contribution < -0.4 is 11.1 Å². The highest BCUT2D eigenvalue weighted by Gasteiger charge is 2.43. The van der Waals surface area contributed by atoms with Crippen molar-refractivity contribution in [3.63, 3.8) is 0 Å². The minimum absolute atomic E-state index is 0.0254. The summed E-state index contributed by atoms with van der Waals surface area (Å²) in [5.74, 6) is 0.110. The highest BCUT2D eigenvalue weighted by Crippen LogP contribution is 2.41. The van der Waals surface area contributed by atoms with Gasteiger partial charge in [0.25, 0.3) is 11.8 Å². The van der Waals surface area contributed by atoms with Gasteiger partial charge in [-0.2, -0.15) is 0 Å². The van der Waals surface area contributed by atoms with Crippen LogP contribution in [-0.2, 0) is 7.05 Å². The number of nitrogens with two attached hydrogens (primary N) is 1. The quantitative estimate of drug-likeness (QED) is 0.566. The topological polar surface area (TPSA) is 83.6 Å². The van der Waals surface area contributed by atoms with Crippen LogP contribution in [0.2, 0.25) is 0 Å². The lowest BCUT2D eigenvalue weighted by atomic mass is 9.77. The second-order valence-electron chi connectivity index (χ2n) is 9.49. The van der Waals surface area contributed by atoms with E-state index in [4.69, 9.17) is 18.0 Å². The van der Waals surface area contributed by atoms with Gasteiger partial charge in [0.05, 0.1) is 0 Å². The number of carbonyl (C=O) groups is 2.